The summed E-state index contributed by atoms with van der Waals surface area (Å²) in [6.07, 6.45) is 1.17. The number of nitrogens with zero attached hydrogens (tertiary/aromatic N) is 1. The summed E-state index contributed by atoms with van der Waals surface area (Å²) in [6.45, 7) is 2.03. The quantitative estimate of drug-likeness (QED) is 0.382. The normalized spacial score (nSPS) is 19.4. The molecule has 1 saturated heterocycles. The highest BCUT2D eigenvalue weighted by molar-refractivity contribution is 8.10. The topological polar surface area (TPSA) is 15.3 Å². The van der Waals surface area contributed by atoms with E-state index in [4.69, 9.17) is 12.2 Å². The summed E-state index contributed by atoms with van der Waals surface area (Å²) >= 11 is 8.77. The number of nitrogens with one attached hydrogen (secondary N) is 1. The second kappa shape index (κ2) is 2.66. The van der Waals surface area contributed by atoms with Crippen molar-refractivity contribution in [1.29, 1.82) is 0 Å². The molecule has 4 heteroatoms. The zero-order valence-electron chi connectivity index (χ0n) is 4.42. The van der Waals surface area contributed by atoms with Gasteiger partial charge in [0.1, 0.15) is 4.32 Å². The van der Waals surface area contributed by atoms with Crippen LogP contribution in [0.25, 0.3) is 0 Å². The maximum Gasteiger partial charge on any atom is 0.147 e. The summed E-state index contributed by atoms with van der Waals surface area (Å²) in [5.74, 6) is 0. The van der Waals surface area contributed by atoms with Gasteiger partial charge in [0.05, 0.1) is 0 Å². The molecule has 46 valence electrons. The molecule has 0 aromatic carbocycles. The summed E-state index contributed by atoms with van der Waals surface area (Å²) in [5, 5.41) is 1.87. The van der Waals surface area contributed by atoms with E-state index in [1.54, 1.807) is 0 Å². The Hall–Kier alpha value is 0.200. The Morgan fingerprint density at radius 3 is 2.75 bits per heavy atom. The summed E-state index contributed by atoms with van der Waals surface area (Å²) in [4.78, 5) is 0. The molecule has 0 radical (unpaired) electrons. The molecule has 0 atom stereocenters. The van der Waals surface area contributed by atoms with Crippen molar-refractivity contribution in [2.24, 2.45) is 0 Å². The van der Waals surface area contributed by atoms with Gasteiger partial charge in [0.25, 0.3) is 0 Å². The summed E-state index contributed by atoms with van der Waals surface area (Å²) in [5.41, 5.74) is 3.07. The van der Waals surface area contributed by atoms with Crippen LogP contribution in [0.1, 0.15) is 6.42 Å². The highest BCUT2D eigenvalue weighted by atomic mass is 32.1. The van der Waals surface area contributed by atoms with E-state index in [9.17, 15) is 0 Å². The number of thiol groups is 1. The van der Waals surface area contributed by atoms with E-state index in [2.05, 4.69) is 18.1 Å². The minimum absolute atomic E-state index is 0.641. The number of thiocarbonyl (C=S) groups is 1. The zero-order chi connectivity index (χ0) is 5.98. The van der Waals surface area contributed by atoms with Gasteiger partial charge in [-0.1, -0.05) is 12.2 Å². The lowest BCUT2D eigenvalue weighted by molar-refractivity contribution is 0.419. The third kappa shape index (κ3) is 1.34. The summed E-state index contributed by atoms with van der Waals surface area (Å²) in [7, 11) is 0. The van der Waals surface area contributed by atoms with Crippen molar-refractivity contribution in [3.05, 3.63) is 0 Å². The van der Waals surface area contributed by atoms with Crippen LogP contribution >= 0.6 is 24.8 Å². The average Bonchev–Trinajstić information content (AvgIpc) is 2.12. The van der Waals surface area contributed by atoms with E-state index >= 15 is 0 Å². The molecule has 1 rings (SSSR count). The molecule has 0 aromatic heterocycles. The van der Waals surface area contributed by atoms with Gasteiger partial charge in [-0.15, -0.1) is 12.6 Å². The molecule has 0 amide bonds. The van der Waals surface area contributed by atoms with Crippen LogP contribution in [0, 0.1) is 0 Å². The molecule has 8 heavy (non-hydrogen) atoms. The van der Waals surface area contributed by atoms with E-state index in [1.165, 1.54) is 6.42 Å². The third-order valence-corrected chi connectivity index (χ3v) is 1.55. The standard InChI is InChI=1S/C4H8N2S2/c7-4(8)6-3-1-2-5-6/h5H,1-3H2,(H,7,8). The van der Waals surface area contributed by atoms with Crippen molar-refractivity contribution in [1.82, 2.24) is 10.4 Å². The fourth-order valence-corrected chi connectivity index (χ4v) is 1.02. The number of hydrogen-bond donors (Lipinski definition) is 2. The Morgan fingerprint density at radius 1 is 1.75 bits per heavy atom. The molecule has 1 aliphatic rings. The van der Waals surface area contributed by atoms with Crippen LogP contribution in [0.4, 0.5) is 0 Å². The summed E-state index contributed by atoms with van der Waals surface area (Å²) in [6, 6.07) is 0. The molecule has 0 saturated carbocycles. The van der Waals surface area contributed by atoms with Crippen LogP contribution in [0.5, 0.6) is 0 Å². The Bertz CT molecular complexity index is 98.2. The first-order chi connectivity index (χ1) is 3.80. The Labute approximate surface area is 59.6 Å². The first-order valence-corrected chi connectivity index (χ1v) is 3.40. The van der Waals surface area contributed by atoms with Crippen LogP contribution in [0.3, 0.4) is 0 Å². The second-order valence-corrected chi connectivity index (χ2v) is 2.81. The van der Waals surface area contributed by atoms with Gasteiger partial charge in [0.15, 0.2) is 0 Å². The predicted molar refractivity (Wildman–Crippen MR) is 40.9 cm³/mol. The maximum atomic E-state index is 4.78. The van der Waals surface area contributed by atoms with E-state index in [1.807, 2.05) is 5.01 Å². The maximum absolute atomic E-state index is 4.78. The molecule has 1 heterocycles. The average molecular weight is 148 g/mol. The van der Waals surface area contributed by atoms with Crippen molar-refractivity contribution < 1.29 is 0 Å². The van der Waals surface area contributed by atoms with Gasteiger partial charge in [-0.3, -0.25) is 5.01 Å². The molecule has 1 N–H and O–H groups in total. The van der Waals surface area contributed by atoms with Crippen molar-refractivity contribution >= 4 is 29.2 Å². The number of rotatable bonds is 0. The summed E-state index contributed by atoms with van der Waals surface area (Å²) < 4.78 is 0.641. The highest BCUT2D eigenvalue weighted by Crippen LogP contribution is 1.99. The molecular weight excluding hydrogens is 140 g/mol. The van der Waals surface area contributed by atoms with Crippen molar-refractivity contribution in [2.45, 2.75) is 6.42 Å². The van der Waals surface area contributed by atoms with Crippen molar-refractivity contribution in [3.63, 3.8) is 0 Å². The van der Waals surface area contributed by atoms with Crippen LogP contribution < -0.4 is 5.43 Å². The van der Waals surface area contributed by atoms with Gasteiger partial charge in [0, 0.05) is 13.1 Å². The molecule has 1 fully saturated rings. The Morgan fingerprint density at radius 2 is 2.50 bits per heavy atom. The highest BCUT2D eigenvalue weighted by Gasteiger charge is 2.09. The van der Waals surface area contributed by atoms with Crippen LogP contribution in [0.15, 0.2) is 0 Å². The van der Waals surface area contributed by atoms with E-state index in [0.717, 1.165) is 13.1 Å². The fourth-order valence-electron chi connectivity index (χ4n) is 0.694. The van der Waals surface area contributed by atoms with Crippen LogP contribution in [-0.4, -0.2) is 22.4 Å². The molecule has 0 bridgehead atoms. The molecule has 0 aromatic rings. The lowest BCUT2D eigenvalue weighted by atomic mass is 10.5. The molecule has 2 nitrogen and oxygen atoms in total. The third-order valence-electron chi connectivity index (χ3n) is 1.09. The fraction of sp³-hybridized carbons (Fsp3) is 0.750. The van der Waals surface area contributed by atoms with Crippen molar-refractivity contribution in [3.8, 4) is 0 Å². The van der Waals surface area contributed by atoms with Gasteiger partial charge in [-0.2, -0.15) is 0 Å². The van der Waals surface area contributed by atoms with Gasteiger partial charge in [-0.05, 0) is 6.42 Å². The number of hydrazine groups is 1. The van der Waals surface area contributed by atoms with E-state index in [0.29, 0.717) is 4.32 Å². The van der Waals surface area contributed by atoms with E-state index < -0.39 is 0 Å². The first kappa shape index (κ1) is 6.32. The van der Waals surface area contributed by atoms with Gasteiger partial charge in [0.2, 0.25) is 0 Å². The van der Waals surface area contributed by atoms with Gasteiger partial charge in [-0.25, -0.2) is 5.43 Å². The Kier molecular flexibility index (Phi) is 2.10. The number of hydrogen-bond acceptors (Lipinski definition) is 2. The van der Waals surface area contributed by atoms with Crippen LogP contribution in [-0.2, 0) is 0 Å². The lowest BCUT2D eigenvalue weighted by Crippen LogP contribution is -2.32. The molecule has 0 spiro atoms. The first-order valence-electron chi connectivity index (χ1n) is 2.54. The lowest BCUT2D eigenvalue weighted by Gasteiger charge is -2.12. The van der Waals surface area contributed by atoms with Gasteiger partial charge < -0.3 is 0 Å². The zero-order valence-corrected chi connectivity index (χ0v) is 6.13. The molecule has 0 aliphatic carbocycles. The monoisotopic (exact) mass is 148 g/mol. The largest absolute Gasteiger partial charge is 0.293 e. The minimum Gasteiger partial charge on any atom is -0.293 e. The predicted octanol–water partition coefficient (Wildman–Crippen LogP) is 0.411. The second-order valence-electron chi connectivity index (χ2n) is 1.70. The molecule has 0 unspecified atom stereocenters. The minimum atomic E-state index is 0.641. The smallest absolute Gasteiger partial charge is 0.147 e. The SMILES string of the molecule is S=C(S)N1CCCN1. The van der Waals surface area contributed by atoms with Crippen molar-refractivity contribution in [2.75, 3.05) is 13.1 Å². The van der Waals surface area contributed by atoms with E-state index in [-0.39, 0.29) is 0 Å². The van der Waals surface area contributed by atoms with Gasteiger partial charge >= 0.3 is 0 Å². The molecular formula is C4H8N2S2. The Balaban J connectivity index is 2.35. The molecule has 1 aliphatic heterocycles. The van der Waals surface area contributed by atoms with Crippen LogP contribution in [0.2, 0.25) is 0 Å².